The quantitative estimate of drug-likeness (QED) is 0.214. The van der Waals surface area contributed by atoms with Gasteiger partial charge in [0, 0.05) is 28.6 Å². The number of aryl methyl sites for hydroxylation is 2. The molecular formula is C40H48N2. The molecule has 0 saturated heterocycles. The topological polar surface area (TPSA) is 8.17 Å². The number of anilines is 3. The van der Waals surface area contributed by atoms with Crippen LogP contribution in [0.3, 0.4) is 0 Å². The lowest BCUT2D eigenvalue weighted by Crippen LogP contribution is -2.15. The van der Waals surface area contributed by atoms with Crippen LogP contribution in [0.4, 0.5) is 17.1 Å². The first-order valence-electron chi connectivity index (χ1n) is 15.3. The van der Waals surface area contributed by atoms with Crippen molar-refractivity contribution in [3.63, 3.8) is 0 Å². The van der Waals surface area contributed by atoms with E-state index in [1.54, 1.807) is 0 Å². The Hall–Kier alpha value is -3.78. The SMILES string of the molecule is Cc1cc(N(c2ccc(C(C)(C)C)cc2)c2cn(-c3cc(C)cc(C(C)(C)C)c3)c3ccccc23)cc(C(C)(C)C)c1. The smallest absolute Gasteiger partial charge is 0.0721 e. The molecule has 0 aliphatic heterocycles. The van der Waals surface area contributed by atoms with E-state index in [2.05, 4.69) is 177 Å². The number of hydrogen-bond acceptors (Lipinski definition) is 1. The van der Waals surface area contributed by atoms with Gasteiger partial charge in [0.15, 0.2) is 0 Å². The zero-order chi connectivity index (χ0) is 30.6. The summed E-state index contributed by atoms with van der Waals surface area (Å²) >= 11 is 0. The molecule has 1 heterocycles. The van der Waals surface area contributed by atoms with Gasteiger partial charge in [0.05, 0.1) is 11.2 Å². The van der Waals surface area contributed by atoms with Crippen LogP contribution < -0.4 is 4.90 Å². The molecular weight excluding hydrogens is 508 g/mol. The van der Waals surface area contributed by atoms with Gasteiger partial charge < -0.3 is 9.47 Å². The van der Waals surface area contributed by atoms with E-state index < -0.39 is 0 Å². The van der Waals surface area contributed by atoms with Crippen LogP contribution in [0.25, 0.3) is 16.6 Å². The molecule has 0 radical (unpaired) electrons. The molecule has 0 N–H and O–H groups in total. The lowest BCUT2D eigenvalue weighted by molar-refractivity contribution is 0.589. The molecule has 0 bridgehead atoms. The highest BCUT2D eigenvalue weighted by atomic mass is 15.2. The van der Waals surface area contributed by atoms with Crippen molar-refractivity contribution in [1.82, 2.24) is 4.57 Å². The van der Waals surface area contributed by atoms with E-state index in [9.17, 15) is 0 Å². The molecule has 0 aliphatic carbocycles. The highest BCUT2D eigenvalue weighted by Gasteiger charge is 2.24. The number of hydrogen-bond donors (Lipinski definition) is 0. The van der Waals surface area contributed by atoms with E-state index in [0.717, 1.165) is 5.69 Å². The lowest BCUT2D eigenvalue weighted by Gasteiger charge is -2.29. The van der Waals surface area contributed by atoms with Crippen molar-refractivity contribution in [2.45, 2.75) is 92.4 Å². The molecule has 1 aromatic heterocycles. The van der Waals surface area contributed by atoms with Crippen molar-refractivity contribution in [2.24, 2.45) is 0 Å². The number of para-hydroxylation sites is 1. The Kier molecular flexibility index (Phi) is 7.42. The zero-order valence-electron chi connectivity index (χ0n) is 27.6. The number of rotatable bonds is 4. The van der Waals surface area contributed by atoms with Crippen LogP contribution in [-0.4, -0.2) is 4.57 Å². The molecule has 0 fully saturated rings. The third-order valence-electron chi connectivity index (χ3n) is 8.32. The fraction of sp³-hybridized carbons (Fsp3) is 0.350. The van der Waals surface area contributed by atoms with Crippen molar-refractivity contribution in [3.8, 4) is 5.69 Å². The van der Waals surface area contributed by atoms with E-state index in [1.165, 1.54) is 55.8 Å². The minimum Gasteiger partial charge on any atom is -0.314 e. The van der Waals surface area contributed by atoms with Gasteiger partial charge in [-0.3, -0.25) is 0 Å². The standard InChI is InChI=1S/C40H48N2/c1-27-20-30(39(6,7)8)24-33(22-27)41-26-37(35-14-12-13-15-36(35)41)42(32-18-16-29(17-19-32)38(3,4)5)34-23-28(2)21-31(25-34)40(9,10)11/h12-26H,1-11H3. The summed E-state index contributed by atoms with van der Waals surface area (Å²) in [4.78, 5) is 2.45. The monoisotopic (exact) mass is 556 g/mol. The fourth-order valence-electron chi connectivity index (χ4n) is 5.75. The van der Waals surface area contributed by atoms with Crippen LogP contribution in [0.2, 0.25) is 0 Å². The second-order valence-electron chi connectivity index (χ2n) is 15.1. The average Bonchev–Trinajstić information content (AvgIpc) is 3.26. The molecule has 0 unspecified atom stereocenters. The Balaban J connectivity index is 1.80. The van der Waals surface area contributed by atoms with E-state index in [0.29, 0.717) is 0 Å². The van der Waals surface area contributed by atoms with Gasteiger partial charge >= 0.3 is 0 Å². The lowest BCUT2D eigenvalue weighted by atomic mass is 9.85. The Morgan fingerprint density at radius 1 is 0.524 bits per heavy atom. The van der Waals surface area contributed by atoms with E-state index >= 15 is 0 Å². The Bertz CT molecular complexity index is 1730. The maximum atomic E-state index is 2.45. The molecule has 0 aliphatic rings. The number of aromatic nitrogens is 1. The van der Waals surface area contributed by atoms with Crippen LogP contribution >= 0.6 is 0 Å². The molecule has 0 atom stereocenters. The Morgan fingerprint density at radius 2 is 1.07 bits per heavy atom. The summed E-state index contributed by atoms with van der Waals surface area (Å²) in [6.45, 7) is 25.0. The van der Waals surface area contributed by atoms with Crippen LogP contribution in [0.15, 0.2) is 91.1 Å². The molecule has 2 heteroatoms. The molecule has 0 amide bonds. The molecule has 5 aromatic rings. The van der Waals surface area contributed by atoms with Gasteiger partial charge in [-0.05, 0) is 100 Å². The zero-order valence-corrected chi connectivity index (χ0v) is 27.6. The second-order valence-corrected chi connectivity index (χ2v) is 15.1. The van der Waals surface area contributed by atoms with E-state index in [4.69, 9.17) is 0 Å². The summed E-state index contributed by atoms with van der Waals surface area (Å²) in [6.07, 6.45) is 2.34. The van der Waals surface area contributed by atoms with Gasteiger partial charge in [-0.25, -0.2) is 0 Å². The molecule has 0 saturated carbocycles. The van der Waals surface area contributed by atoms with Crippen LogP contribution in [0.1, 0.15) is 90.1 Å². The maximum Gasteiger partial charge on any atom is 0.0721 e. The van der Waals surface area contributed by atoms with Gasteiger partial charge in [0.2, 0.25) is 0 Å². The summed E-state index contributed by atoms with van der Waals surface area (Å²) < 4.78 is 2.38. The molecule has 5 rings (SSSR count). The fourth-order valence-corrected chi connectivity index (χ4v) is 5.75. The number of fused-ring (bicyclic) bond motifs is 1. The van der Waals surface area contributed by atoms with Crippen LogP contribution in [-0.2, 0) is 16.2 Å². The first kappa shape index (κ1) is 29.7. The largest absolute Gasteiger partial charge is 0.314 e. The predicted octanol–water partition coefficient (Wildman–Crippen LogP) is 11.6. The van der Waals surface area contributed by atoms with E-state index in [1.807, 2.05) is 0 Å². The summed E-state index contributed by atoms with van der Waals surface area (Å²) in [5.41, 5.74) is 12.7. The summed E-state index contributed by atoms with van der Waals surface area (Å²) in [5, 5.41) is 1.23. The van der Waals surface area contributed by atoms with Gasteiger partial charge in [-0.1, -0.05) is 105 Å². The van der Waals surface area contributed by atoms with Gasteiger partial charge in [-0.15, -0.1) is 0 Å². The van der Waals surface area contributed by atoms with E-state index in [-0.39, 0.29) is 16.2 Å². The Morgan fingerprint density at radius 3 is 1.67 bits per heavy atom. The average molecular weight is 557 g/mol. The Labute approximate surface area is 254 Å². The van der Waals surface area contributed by atoms with Gasteiger partial charge in [0.1, 0.15) is 0 Å². The summed E-state index contributed by atoms with van der Waals surface area (Å²) in [6, 6.07) is 32.0. The molecule has 0 spiro atoms. The molecule has 4 aromatic carbocycles. The third-order valence-corrected chi connectivity index (χ3v) is 8.32. The first-order chi connectivity index (χ1) is 19.5. The minimum absolute atomic E-state index is 0.0431. The van der Waals surface area contributed by atoms with Crippen LogP contribution in [0.5, 0.6) is 0 Å². The van der Waals surface area contributed by atoms with Crippen molar-refractivity contribution in [1.29, 1.82) is 0 Å². The van der Waals surface area contributed by atoms with Crippen molar-refractivity contribution >= 4 is 28.0 Å². The third kappa shape index (κ3) is 5.91. The second kappa shape index (κ2) is 10.5. The van der Waals surface area contributed by atoms with Crippen molar-refractivity contribution in [2.75, 3.05) is 4.90 Å². The van der Waals surface area contributed by atoms with Crippen molar-refractivity contribution < 1.29 is 0 Å². The maximum absolute atomic E-state index is 2.45. The minimum atomic E-state index is 0.0431. The summed E-state index contributed by atoms with van der Waals surface area (Å²) in [7, 11) is 0. The molecule has 2 nitrogen and oxygen atoms in total. The van der Waals surface area contributed by atoms with Crippen LogP contribution in [0, 0.1) is 13.8 Å². The molecule has 42 heavy (non-hydrogen) atoms. The number of nitrogens with zero attached hydrogens (tertiary/aromatic N) is 2. The highest BCUT2D eigenvalue weighted by molar-refractivity contribution is 5.99. The van der Waals surface area contributed by atoms with Crippen molar-refractivity contribution in [3.05, 3.63) is 119 Å². The number of benzene rings is 4. The predicted molar refractivity (Wildman–Crippen MR) is 184 cm³/mol. The first-order valence-corrected chi connectivity index (χ1v) is 15.3. The highest BCUT2D eigenvalue weighted by Crippen LogP contribution is 2.43. The van der Waals surface area contributed by atoms with Gasteiger partial charge in [0.25, 0.3) is 0 Å². The molecule has 218 valence electrons. The van der Waals surface area contributed by atoms with Gasteiger partial charge in [-0.2, -0.15) is 0 Å². The summed E-state index contributed by atoms with van der Waals surface area (Å²) in [5.74, 6) is 0. The normalized spacial score (nSPS) is 12.6.